The van der Waals surface area contributed by atoms with Crippen LogP contribution in [0.4, 0.5) is 5.69 Å². The van der Waals surface area contributed by atoms with Gasteiger partial charge in [-0.2, -0.15) is 0 Å². The molecule has 0 aliphatic heterocycles. The minimum Gasteiger partial charge on any atom is -0.398 e. The number of fused-ring (bicyclic) bond motifs is 1. The van der Waals surface area contributed by atoms with Crippen molar-refractivity contribution in [2.75, 3.05) is 5.73 Å². The number of carbonyl (C=O) groups is 1. The molecule has 3 N–H and O–H groups in total. The van der Waals surface area contributed by atoms with Crippen LogP contribution in [0.2, 0.25) is 0 Å². The first-order valence-corrected chi connectivity index (χ1v) is 5.00. The van der Waals surface area contributed by atoms with Crippen LogP contribution in [0.5, 0.6) is 0 Å². The summed E-state index contributed by atoms with van der Waals surface area (Å²) in [7, 11) is 0. The van der Waals surface area contributed by atoms with E-state index in [-0.39, 0.29) is 6.61 Å². The molecule has 0 spiro atoms. The SMILES string of the molecule is Nc1ccc2c(CO)csc2c1C=O. The summed E-state index contributed by atoms with van der Waals surface area (Å²) in [5, 5.41) is 11.8. The number of aldehydes is 1. The van der Waals surface area contributed by atoms with E-state index >= 15 is 0 Å². The Bertz CT molecular complexity index is 490. The van der Waals surface area contributed by atoms with Gasteiger partial charge < -0.3 is 10.8 Å². The average molecular weight is 207 g/mol. The zero-order chi connectivity index (χ0) is 10.1. The highest BCUT2D eigenvalue weighted by atomic mass is 32.1. The lowest BCUT2D eigenvalue weighted by molar-refractivity contribution is 0.112. The predicted molar refractivity (Wildman–Crippen MR) is 57.5 cm³/mol. The molecule has 1 heterocycles. The lowest BCUT2D eigenvalue weighted by Gasteiger charge is -2.00. The van der Waals surface area contributed by atoms with Gasteiger partial charge in [-0.15, -0.1) is 11.3 Å². The molecule has 0 saturated heterocycles. The number of carbonyl (C=O) groups excluding carboxylic acids is 1. The summed E-state index contributed by atoms with van der Waals surface area (Å²) >= 11 is 1.43. The van der Waals surface area contributed by atoms with Gasteiger partial charge in [0.1, 0.15) is 0 Å². The molecule has 1 aromatic carbocycles. The smallest absolute Gasteiger partial charge is 0.153 e. The quantitative estimate of drug-likeness (QED) is 0.583. The molecule has 3 nitrogen and oxygen atoms in total. The Morgan fingerprint density at radius 2 is 2.29 bits per heavy atom. The fraction of sp³-hybridized carbons (Fsp3) is 0.100. The second-order valence-corrected chi connectivity index (χ2v) is 3.86. The first-order valence-electron chi connectivity index (χ1n) is 4.12. The molecular weight excluding hydrogens is 198 g/mol. The molecular formula is C10H9NO2S. The Morgan fingerprint density at radius 1 is 1.50 bits per heavy atom. The van der Waals surface area contributed by atoms with E-state index < -0.39 is 0 Å². The fourth-order valence-corrected chi connectivity index (χ4v) is 2.51. The molecule has 0 unspecified atom stereocenters. The van der Waals surface area contributed by atoms with E-state index in [4.69, 9.17) is 10.8 Å². The molecule has 0 fully saturated rings. The highest BCUT2D eigenvalue weighted by Crippen LogP contribution is 2.31. The number of rotatable bonds is 2. The van der Waals surface area contributed by atoms with Gasteiger partial charge in [0.25, 0.3) is 0 Å². The number of nitrogen functional groups attached to an aromatic ring is 1. The van der Waals surface area contributed by atoms with Gasteiger partial charge in [-0.25, -0.2) is 0 Å². The zero-order valence-corrected chi connectivity index (χ0v) is 8.17. The van der Waals surface area contributed by atoms with E-state index in [0.717, 1.165) is 21.9 Å². The van der Waals surface area contributed by atoms with E-state index in [1.807, 2.05) is 11.4 Å². The van der Waals surface area contributed by atoms with Crippen LogP contribution in [0.15, 0.2) is 17.5 Å². The fourth-order valence-electron chi connectivity index (χ4n) is 1.43. The zero-order valence-electron chi connectivity index (χ0n) is 7.36. The van der Waals surface area contributed by atoms with Crippen molar-refractivity contribution in [2.45, 2.75) is 6.61 Å². The first-order chi connectivity index (χ1) is 6.77. The van der Waals surface area contributed by atoms with E-state index in [1.165, 1.54) is 11.3 Å². The lowest BCUT2D eigenvalue weighted by atomic mass is 10.1. The van der Waals surface area contributed by atoms with Crippen LogP contribution in [0.25, 0.3) is 10.1 Å². The maximum atomic E-state index is 10.8. The average Bonchev–Trinajstić information content (AvgIpc) is 2.60. The van der Waals surface area contributed by atoms with Crippen molar-refractivity contribution in [3.63, 3.8) is 0 Å². The summed E-state index contributed by atoms with van der Waals surface area (Å²) in [6.07, 6.45) is 0.759. The Balaban J connectivity index is 2.83. The van der Waals surface area contributed by atoms with Crippen molar-refractivity contribution in [3.05, 3.63) is 28.6 Å². The second kappa shape index (κ2) is 3.40. The van der Waals surface area contributed by atoms with Gasteiger partial charge in [0.05, 0.1) is 12.2 Å². The summed E-state index contributed by atoms with van der Waals surface area (Å²) in [4.78, 5) is 10.8. The van der Waals surface area contributed by atoms with Crippen LogP contribution in [0.3, 0.4) is 0 Å². The molecule has 0 radical (unpaired) electrons. The predicted octanol–water partition coefficient (Wildman–Crippen LogP) is 1.79. The van der Waals surface area contributed by atoms with Crippen molar-refractivity contribution in [3.8, 4) is 0 Å². The van der Waals surface area contributed by atoms with E-state index in [2.05, 4.69) is 0 Å². The number of thiophene rings is 1. The minimum absolute atomic E-state index is 0.0117. The molecule has 1 aromatic heterocycles. The van der Waals surface area contributed by atoms with Crippen molar-refractivity contribution in [1.29, 1.82) is 0 Å². The third kappa shape index (κ3) is 1.20. The van der Waals surface area contributed by atoms with Crippen molar-refractivity contribution in [1.82, 2.24) is 0 Å². The number of nitrogens with two attached hydrogens (primary N) is 1. The van der Waals surface area contributed by atoms with Gasteiger partial charge in [-0.3, -0.25) is 4.79 Å². The maximum Gasteiger partial charge on any atom is 0.153 e. The van der Waals surface area contributed by atoms with E-state index in [0.29, 0.717) is 11.3 Å². The highest BCUT2D eigenvalue weighted by molar-refractivity contribution is 7.17. The number of aliphatic hydroxyl groups is 1. The van der Waals surface area contributed by atoms with Gasteiger partial charge in [-0.05, 0) is 22.4 Å². The van der Waals surface area contributed by atoms with Gasteiger partial charge in [0, 0.05) is 10.4 Å². The van der Waals surface area contributed by atoms with Gasteiger partial charge in [0.15, 0.2) is 6.29 Å². The number of aliphatic hydroxyl groups excluding tert-OH is 1. The van der Waals surface area contributed by atoms with Crippen LogP contribution in [0, 0.1) is 0 Å². The maximum absolute atomic E-state index is 10.8. The van der Waals surface area contributed by atoms with Crippen LogP contribution in [0.1, 0.15) is 15.9 Å². The van der Waals surface area contributed by atoms with Crippen molar-refractivity contribution < 1.29 is 9.90 Å². The van der Waals surface area contributed by atoms with Crippen molar-refractivity contribution in [2.24, 2.45) is 0 Å². The first kappa shape index (κ1) is 9.18. The Labute approximate surface area is 84.8 Å². The molecule has 72 valence electrons. The molecule has 0 aliphatic rings. The molecule has 14 heavy (non-hydrogen) atoms. The number of anilines is 1. The summed E-state index contributed by atoms with van der Waals surface area (Å²) in [5.74, 6) is 0. The molecule has 0 saturated carbocycles. The molecule has 2 aromatic rings. The van der Waals surface area contributed by atoms with Crippen LogP contribution >= 0.6 is 11.3 Å². The van der Waals surface area contributed by atoms with Crippen LogP contribution < -0.4 is 5.73 Å². The topological polar surface area (TPSA) is 63.3 Å². The van der Waals surface area contributed by atoms with Crippen molar-refractivity contribution >= 4 is 33.4 Å². The normalized spacial score (nSPS) is 10.6. The monoisotopic (exact) mass is 207 g/mol. The standard InChI is InChI=1S/C10H9NO2S/c11-9-2-1-7-6(3-12)5-14-10(7)8(9)4-13/h1-2,4-5,12H,3,11H2. The second-order valence-electron chi connectivity index (χ2n) is 2.98. The Kier molecular flexibility index (Phi) is 2.23. The Hall–Kier alpha value is -1.39. The molecule has 0 amide bonds. The largest absolute Gasteiger partial charge is 0.398 e. The van der Waals surface area contributed by atoms with Gasteiger partial charge in [0.2, 0.25) is 0 Å². The molecule has 0 aliphatic carbocycles. The summed E-state index contributed by atoms with van der Waals surface area (Å²) < 4.78 is 0.851. The molecule has 0 atom stereocenters. The molecule has 2 rings (SSSR count). The minimum atomic E-state index is -0.0117. The highest BCUT2D eigenvalue weighted by Gasteiger charge is 2.09. The molecule has 4 heteroatoms. The van der Waals surface area contributed by atoms with Gasteiger partial charge in [-0.1, -0.05) is 6.07 Å². The third-order valence-corrected chi connectivity index (χ3v) is 3.26. The third-order valence-electron chi connectivity index (χ3n) is 2.18. The molecule has 0 bridgehead atoms. The van der Waals surface area contributed by atoms with E-state index in [1.54, 1.807) is 6.07 Å². The number of hydrogen-bond donors (Lipinski definition) is 2. The number of hydrogen-bond acceptors (Lipinski definition) is 4. The van der Waals surface area contributed by atoms with E-state index in [9.17, 15) is 4.79 Å². The number of benzene rings is 1. The van der Waals surface area contributed by atoms with Gasteiger partial charge >= 0.3 is 0 Å². The summed E-state index contributed by atoms with van der Waals surface area (Å²) in [5.41, 5.74) is 7.51. The summed E-state index contributed by atoms with van der Waals surface area (Å²) in [6.45, 7) is -0.0117. The Morgan fingerprint density at radius 3 is 2.93 bits per heavy atom. The lowest BCUT2D eigenvalue weighted by Crippen LogP contribution is -1.92. The van der Waals surface area contributed by atoms with Crippen LogP contribution in [-0.2, 0) is 6.61 Å². The van der Waals surface area contributed by atoms with Crippen LogP contribution in [-0.4, -0.2) is 11.4 Å². The summed E-state index contributed by atoms with van der Waals surface area (Å²) in [6, 6.07) is 3.53.